The van der Waals surface area contributed by atoms with E-state index in [9.17, 15) is 8.42 Å². The van der Waals surface area contributed by atoms with E-state index >= 15 is 0 Å². The van der Waals surface area contributed by atoms with E-state index in [2.05, 4.69) is 14.6 Å². The first-order valence-corrected chi connectivity index (χ1v) is 9.14. The van der Waals surface area contributed by atoms with Crippen molar-refractivity contribution >= 4 is 44.6 Å². The van der Waals surface area contributed by atoms with Crippen molar-refractivity contribution in [1.82, 2.24) is 19.1 Å². The third-order valence-electron chi connectivity index (χ3n) is 2.81. The summed E-state index contributed by atoms with van der Waals surface area (Å²) in [6, 6.07) is 6.83. The molecule has 0 N–H and O–H groups in total. The Morgan fingerprint density at radius 1 is 1.27 bits per heavy atom. The summed E-state index contributed by atoms with van der Waals surface area (Å²) in [5, 5.41) is 4.13. The third kappa shape index (κ3) is 3.00. The first-order chi connectivity index (χ1) is 10.5. The molecule has 0 saturated heterocycles. The fraction of sp³-hybridized carbons (Fsp3) is 0.0833. The standard InChI is InChI=1S/C12H8Cl2N4O2S2/c13-8-2-1-3-9(6-8)18-5-4-15-12(18)22(19,20)7-10-11(14)21-17-16-10/h1-6H,7H2. The number of benzene rings is 1. The highest BCUT2D eigenvalue weighted by Gasteiger charge is 2.25. The van der Waals surface area contributed by atoms with Crippen LogP contribution in [0.5, 0.6) is 0 Å². The van der Waals surface area contributed by atoms with Crippen LogP contribution < -0.4 is 0 Å². The summed E-state index contributed by atoms with van der Waals surface area (Å²) >= 11 is 12.8. The number of sulfone groups is 1. The molecule has 0 spiro atoms. The monoisotopic (exact) mass is 374 g/mol. The first-order valence-electron chi connectivity index (χ1n) is 5.96. The Morgan fingerprint density at radius 2 is 2.09 bits per heavy atom. The molecule has 6 nitrogen and oxygen atoms in total. The van der Waals surface area contributed by atoms with Crippen LogP contribution in [0.3, 0.4) is 0 Å². The first kappa shape index (κ1) is 15.4. The molecule has 3 aromatic rings. The van der Waals surface area contributed by atoms with E-state index in [0.717, 1.165) is 11.5 Å². The minimum Gasteiger partial charge on any atom is -0.291 e. The number of hydrogen-bond donors (Lipinski definition) is 0. The maximum absolute atomic E-state index is 12.6. The SMILES string of the molecule is O=S(=O)(Cc1nnsc1Cl)c1nccn1-c1cccc(Cl)c1. The fourth-order valence-corrected chi connectivity index (χ4v) is 4.23. The smallest absolute Gasteiger partial charge is 0.232 e. The summed E-state index contributed by atoms with van der Waals surface area (Å²) in [5.41, 5.74) is 0.818. The van der Waals surface area contributed by atoms with E-state index in [1.54, 1.807) is 30.5 Å². The van der Waals surface area contributed by atoms with Crippen molar-refractivity contribution in [2.24, 2.45) is 0 Å². The molecule has 0 aliphatic rings. The number of hydrogen-bond acceptors (Lipinski definition) is 6. The maximum Gasteiger partial charge on any atom is 0.232 e. The molecule has 0 atom stereocenters. The van der Waals surface area contributed by atoms with Gasteiger partial charge < -0.3 is 0 Å². The Morgan fingerprint density at radius 3 is 2.77 bits per heavy atom. The normalized spacial score (nSPS) is 11.7. The molecule has 0 radical (unpaired) electrons. The minimum absolute atomic E-state index is 0.0983. The van der Waals surface area contributed by atoms with Gasteiger partial charge in [0.1, 0.15) is 15.8 Å². The Balaban J connectivity index is 2.03. The summed E-state index contributed by atoms with van der Waals surface area (Å²) in [6.07, 6.45) is 2.97. The second kappa shape index (κ2) is 5.96. The molecule has 1 aromatic carbocycles. The number of rotatable bonds is 4. The molecule has 22 heavy (non-hydrogen) atoms. The fourth-order valence-electron chi connectivity index (χ4n) is 1.87. The quantitative estimate of drug-likeness (QED) is 0.701. The molecule has 0 bridgehead atoms. The number of imidazole rings is 1. The van der Waals surface area contributed by atoms with Crippen LogP contribution in [0.4, 0.5) is 0 Å². The number of halogens is 2. The zero-order valence-corrected chi connectivity index (χ0v) is 14.0. The van der Waals surface area contributed by atoms with Gasteiger partial charge >= 0.3 is 0 Å². The predicted octanol–water partition coefficient (Wildman–Crippen LogP) is 3.00. The molecule has 2 heterocycles. The average Bonchev–Trinajstić information content (AvgIpc) is 3.09. The molecule has 114 valence electrons. The predicted molar refractivity (Wildman–Crippen MR) is 84.4 cm³/mol. The minimum atomic E-state index is -3.73. The molecule has 2 aromatic heterocycles. The molecular weight excluding hydrogens is 367 g/mol. The second-order valence-electron chi connectivity index (χ2n) is 4.31. The van der Waals surface area contributed by atoms with Crippen molar-refractivity contribution in [3.8, 4) is 5.69 Å². The van der Waals surface area contributed by atoms with Gasteiger partial charge in [0, 0.05) is 34.6 Å². The van der Waals surface area contributed by atoms with Gasteiger partial charge in [-0.3, -0.25) is 4.57 Å². The van der Waals surface area contributed by atoms with Gasteiger partial charge in [0.2, 0.25) is 15.0 Å². The summed E-state index contributed by atoms with van der Waals surface area (Å²) in [6.45, 7) is 0. The van der Waals surface area contributed by atoms with E-state index in [-0.39, 0.29) is 20.9 Å². The highest BCUT2D eigenvalue weighted by molar-refractivity contribution is 7.90. The van der Waals surface area contributed by atoms with E-state index < -0.39 is 9.84 Å². The van der Waals surface area contributed by atoms with E-state index in [1.807, 2.05) is 0 Å². The third-order valence-corrected chi connectivity index (χ3v) is 5.54. The molecule has 3 rings (SSSR count). The Bertz CT molecular complexity index is 921. The van der Waals surface area contributed by atoms with Crippen LogP contribution in [0.25, 0.3) is 5.69 Å². The summed E-state index contributed by atoms with van der Waals surface area (Å²) in [5.74, 6) is -0.361. The Kier molecular flexibility index (Phi) is 4.18. The van der Waals surface area contributed by atoms with E-state index in [0.29, 0.717) is 10.7 Å². The zero-order valence-electron chi connectivity index (χ0n) is 10.8. The lowest BCUT2D eigenvalue weighted by Crippen LogP contribution is -2.12. The van der Waals surface area contributed by atoms with Crippen molar-refractivity contribution in [2.75, 3.05) is 0 Å². The second-order valence-corrected chi connectivity index (χ2v) is 7.99. The molecular formula is C12H8Cl2N4O2S2. The van der Waals surface area contributed by atoms with Gasteiger partial charge in [-0.2, -0.15) is 0 Å². The number of nitrogens with zero attached hydrogens (tertiary/aromatic N) is 4. The lowest BCUT2D eigenvalue weighted by Gasteiger charge is -2.08. The molecule has 10 heteroatoms. The molecule has 0 fully saturated rings. The van der Waals surface area contributed by atoms with Crippen molar-refractivity contribution in [1.29, 1.82) is 0 Å². The number of aromatic nitrogens is 4. The van der Waals surface area contributed by atoms with Gasteiger partial charge in [0.15, 0.2) is 0 Å². The largest absolute Gasteiger partial charge is 0.291 e. The van der Waals surface area contributed by atoms with Gasteiger partial charge in [-0.1, -0.05) is 33.8 Å². The topological polar surface area (TPSA) is 77.7 Å². The van der Waals surface area contributed by atoms with Gasteiger partial charge in [0.25, 0.3) is 0 Å². The maximum atomic E-state index is 12.6. The lowest BCUT2D eigenvalue weighted by atomic mass is 10.3. The van der Waals surface area contributed by atoms with Gasteiger partial charge in [-0.25, -0.2) is 13.4 Å². The van der Waals surface area contributed by atoms with Crippen LogP contribution in [0, 0.1) is 0 Å². The molecule has 0 amide bonds. The summed E-state index contributed by atoms with van der Waals surface area (Å²) in [4.78, 5) is 3.95. The van der Waals surface area contributed by atoms with Gasteiger partial charge in [-0.05, 0) is 18.2 Å². The van der Waals surface area contributed by atoms with Crippen LogP contribution in [-0.4, -0.2) is 27.6 Å². The zero-order chi connectivity index (χ0) is 15.7. The van der Waals surface area contributed by atoms with Crippen LogP contribution in [0.15, 0.2) is 41.8 Å². The Hall–Kier alpha value is -1.48. The van der Waals surface area contributed by atoms with Gasteiger partial charge in [-0.15, -0.1) is 5.10 Å². The van der Waals surface area contributed by atoms with Crippen LogP contribution in [-0.2, 0) is 15.6 Å². The lowest BCUT2D eigenvalue weighted by molar-refractivity contribution is 0.582. The van der Waals surface area contributed by atoms with Crippen molar-refractivity contribution < 1.29 is 8.42 Å². The summed E-state index contributed by atoms with van der Waals surface area (Å²) < 4.78 is 30.4. The highest BCUT2D eigenvalue weighted by atomic mass is 35.5. The molecule has 0 aliphatic carbocycles. The molecule has 0 unspecified atom stereocenters. The van der Waals surface area contributed by atoms with Crippen molar-refractivity contribution in [3.63, 3.8) is 0 Å². The van der Waals surface area contributed by atoms with Crippen LogP contribution >= 0.6 is 34.7 Å². The van der Waals surface area contributed by atoms with Crippen LogP contribution in [0.1, 0.15) is 5.69 Å². The van der Waals surface area contributed by atoms with Crippen molar-refractivity contribution in [2.45, 2.75) is 10.9 Å². The van der Waals surface area contributed by atoms with Crippen molar-refractivity contribution in [3.05, 3.63) is 51.7 Å². The Labute approximate surface area is 140 Å². The van der Waals surface area contributed by atoms with E-state index in [4.69, 9.17) is 23.2 Å². The van der Waals surface area contributed by atoms with Gasteiger partial charge in [0.05, 0.1) is 0 Å². The molecule has 0 aliphatic heterocycles. The summed E-state index contributed by atoms with van der Waals surface area (Å²) in [7, 11) is -3.73. The van der Waals surface area contributed by atoms with Crippen LogP contribution in [0.2, 0.25) is 9.36 Å². The van der Waals surface area contributed by atoms with E-state index in [1.165, 1.54) is 10.8 Å². The average molecular weight is 375 g/mol. The molecule has 0 saturated carbocycles. The highest BCUT2D eigenvalue weighted by Crippen LogP contribution is 2.24.